The van der Waals surface area contributed by atoms with Crippen molar-refractivity contribution in [2.75, 3.05) is 0 Å². The standard InChI is InChI=1S/C23H14F3NOS/c24-23(25,26)20-12-19-21(17-10-3-4-11-18(17)27-19)22(28-20)29-13-15-8-5-7-14-6-1-2-9-16(14)15/h1-12H,13H2. The summed E-state index contributed by atoms with van der Waals surface area (Å²) in [7, 11) is 0. The van der Waals surface area contributed by atoms with Gasteiger partial charge in [-0.05, 0) is 22.4 Å². The molecule has 0 unspecified atom stereocenters. The summed E-state index contributed by atoms with van der Waals surface area (Å²) in [6.45, 7) is 0. The first-order valence-electron chi connectivity index (χ1n) is 8.99. The van der Waals surface area contributed by atoms with E-state index in [0.717, 1.165) is 27.8 Å². The van der Waals surface area contributed by atoms with Crippen molar-refractivity contribution >= 4 is 33.4 Å². The van der Waals surface area contributed by atoms with Crippen LogP contribution in [0.1, 0.15) is 11.3 Å². The molecule has 3 aromatic carbocycles. The predicted octanol–water partition coefficient (Wildman–Crippen LogP) is 7.40. The van der Waals surface area contributed by atoms with Crippen molar-refractivity contribution in [3.05, 3.63) is 84.1 Å². The molecule has 0 amide bonds. The molecule has 0 saturated heterocycles. The molecule has 5 rings (SSSR count). The maximum atomic E-state index is 13.4. The highest BCUT2D eigenvalue weighted by molar-refractivity contribution is 7.98. The molecule has 0 radical (unpaired) electrons. The number of alkyl halides is 3. The molecule has 0 N–H and O–H groups in total. The van der Waals surface area contributed by atoms with Crippen LogP contribution in [0, 0.1) is 0 Å². The van der Waals surface area contributed by atoms with Crippen LogP contribution in [0.25, 0.3) is 32.9 Å². The number of halogens is 3. The summed E-state index contributed by atoms with van der Waals surface area (Å²) >= 11 is 1.26. The number of benzene rings is 3. The fourth-order valence-corrected chi connectivity index (χ4v) is 4.58. The van der Waals surface area contributed by atoms with Crippen LogP contribution < -0.4 is 0 Å². The van der Waals surface area contributed by atoms with Gasteiger partial charge in [-0.15, -0.1) is 0 Å². The maximum absolute atomic E-state index is 13.4. The van der Waals surface area contributed by atoms with E-state index in [0.29, 0.717) is 22.5 Å². The van der Waals surface area contributed by atoms with Crippen molar-refractivity contribution in [2.45, 2.75) is 17.0 Å². The minimum atomic E-state index is -4.58. The number of thioether (sulfide) groups is 1. The van der Waals surface area contributed by atoms with Gasteiger partial charge < -0.3 is 4.42 Å². The van der Waals surface area contributed by atoms with Crippen LogP contribution in [0.5, 0.6) is 0 Å². The van der Waals surface area contributed by atoms with Crippen molar-refractivity contribution in [3.8, 4) is 11.3 Å². The molecule has 0 spiro atoms. The van der Waals surface area contributed by atoms with Crippen molar-refractivity contribution in [3.63, 3.8) is 0 Å². The molecule has 29 heavy (non-hydrogen) atoms. The van der Waals surface area contributed by atoms with E-state index in [-0.39, 0.29) is 5.09 Å². The number of fused-ring (bicyclic) bond motifs is 4. The van der Waals surface area contributed by atoms with Crippen LogP contribution in [0.15, 0.2) is 82.3 Å². The summed E-state index contributed by atoms with van der Waals surface area (Å²) < 4.78 is 45.5. The van der Waals surface area contributed by atoms with Gasteiger partial charge in [0, 0.05) is 17.2 Å². The molecule has 2 heterocycles. The minimum absolute atomic E-state index is 0.233. The second-order valence-electron chi connectivity index (χ2n) is 6.71. The highest BCUT2D eigenvalue weighted by Gasteiger charge is 2.36. The number of para-hydroxylation sites is 1. The zero-order chi connectivity index (χ0) is 20.0. The molecule has 3 aromatic rings. The van der Waals surface area contributed by atoms with Gasteiger partial charge in [-0.25, -0.2) is 4.98 Å². The topological polar surface area (TPSA) is 26.0 Å². The van der Waals surface area contributed by atoms with Gasteiger partial charge in [-0.2, -0.15) is 13.2 Å². The van der Waals surface area contributed by atoms with Gasteiger partial charge in [0.15, 0.2) is 5.09 Å². The van der Waals surface area contributed by atoms with Crippen LogP contribution in [0.3, 0.4) is 0 Å². The Kier molecular flexibility index (Phi) is 4.24. The lowest BCUT2D eigenvalue weighted by Gasteiger charge is -2.13. The molecule has 2 nitrogen and oxygen atoms in total. The smallest absolute Gasteiger partial charge is 0.444 e. The van der Waals surface area contributed by atoms with E-state index in [9.17, 15) is 13.2 Å². The van der Waals surface area contributed by atoms with Crippen LogP contribution in [0.4, 0.5) is 13.2 Å². The molecule has 0 aliphatic carbocycles. The third-order valence-corrected chi connectivity index (χ3v) is 5.87. The van der Waals surface area contributed by atoms with Crippen molar-refractivity contribution < 1.29 is 17.6 Å². The minimum Gasteiger partial charge on any atom is -0.444 e. The third kappa shape index (κ3) is 3.23. The number of nitrogens with zero attached hydrogens (tertiary/aromatic N) is 1. The Labute approximate surface area is 168 Å². The monoisotopic (exact) mass is 409 g/mol. The molecule has 6 heteroatoms. The Hall–Kier alpha value is -2.99. The van der Waals surface area contributed by atoms with E-state index in [1.54, 1.807) is 6.07 Å². The van der Waals surface area contributed by atoms with Crippen LogP contribution in [-0.4, -0.2) is 4.98 Å². The third-order valence-electron chi connectivity index (χ3n) is 4.86. The van der Waals surface area contributed by atoms with Gasteiger partial charge in [0.1, 0.15) is 0 Å². The summed E-state index contributed by atoms with van der Waals surface area (Å²) in [6, 6.07) is 22.2. The molecule has 0 fully saturated rings. The zero-order valence-electron chi connectivity index (χ0n) is 15.0. The summed E-state index contributed by atoms with van der Waals surface area (Å²) in [5.41, 5.74) is 2.62. The molecule has 0 atom stereocenters. The van der Waals surface area contributed by atoms with E-state index >= 15 is 0 Å². The van der Waals surface area contributed by atoms with Gasteiger partial charge in [0.2, 0.25) is 5.76 Å². The maximum Gasteiger partial charge on any atom is 0.449 e. The number of hydrogen-bond donors (Lipinski definition) is 0. The van der Waals surface area contributed by atoms with Gasteiger partial charge >= 0.3 is 6.18 Å². The van der Waals surface area contributed by atoms with Gasteiger partial charge in [0.25, 0.3) is 0 Å². The average Bonchev–Trinajstić information content (AvgIpc) is 3.10. The molecular weight excluding hydrogens is 395 g/mol. The van der Waals surface area contributed by atoms with E-state index in [2.05, 4.69) is 4.98 Å². The second-order valence-corrected chi connectivity index (χ2v) is 7.66. The second kappa shape index (κ2) is 6.81. The van der Waals surface area contributed by atoms with Crippen LogP contribution >= 0.6 is 11.8 Å². The largest absolute Gasteiger partial charge is 0.449 e. The molecule has 0 aromatic heterocycles. The van der Waals surface area contributed by atoms with Crippen molar-refractivity contribution in [2.24, 2.45) is 0 Å². The SMILES string of the molecule is FC(F)(F)c1cc2nc3ccccc3c-2c(SCc2cccc3ccccc23)o1. The molecule has 144 valence electrons. The number of aromatic nitrogens is 1. The number of rotatable bonds is 3. The molecule has 0 bridgehead atoms. The van der Waals surface area contributed by atoms with E-state index in [1.807, 2.05) is 60.7 Å². The van der Waals surface area contributed by atoms with Crippen molar-refractivity contribution in [1.29, 1.82) is 0 Å². The molecule has 2 aliphatic rings. The lowest BCUT2D eigenvalue weighted by atomic mass is 10.1. The highest BCUT2D eigenvalue weighted by atomic mass is 32.2. The Balaban J connectivity index is 1.63. The van der Waals surface area contributed by atoms with Gasteiger partial charge in [-0.1, -0.05) is 72.4 Å². The van der Waals surface area contributed by atoms with Crippen LogP contribution in [-0.2, 0) is 11.9 Å². The first-order chi connectivity index (χ1) is 14.0. The first kappa shape index (κ1) is 18.1. The molecule has 0 saturated carbocycles. The van der Waals surface area contributed by atoms with Gasteiger partial charge in [-0.3, -0.25) is 0 Å². The Morgan fingerprint density at radius 1 is 0.862 bits per heavy atom. The summed E-state index contributed by atoms with van der Waals surface area (Å²) in [5, 5.41) is 3.20. The summed E-state index contributed by atoms with van der Waals surface area (Å²) in [4.78, 5) is 4.38. The Bertz CT molecular complexity index is 1300. The van der Waals surface area contributed by atoms with Crippen molar-refractivity contribution in [1.82, 2.24) is 4.98 Å². The van der Waals surface area contributed by atoms with E-state index < -0.39 is 11.9 Å². The Morgan fingerprint density at radius 2 is 1.59 bits per heavy atom. The first-order valence-corrected chi connectivity index (χ1v) is 9.98. The van der Waals surface area contributed by atoms with Crippen LogP contribution in [0.2, 0.25) is 0 Å². The fourth-order valence-electron chi connectivity index (χ4n) is 3.53. The van der Waals surface area contributed by atoms with E-state index in [4.69, 9.17) is 4.42 Å². The lowest BCUT2D eigenvalue weighted by Crippen LogP contribution is -2.06. The zero-order valence-corrected chi connectivity index (χ0v) is 15.8. The molecule has 2 aliphatic heterocycles. The van der Waals surface area contributed by atoms with E-state index in [1.165, 1.54) is 11.8 Å². The Morgan fingerprint density at radius 3 is 2.41 bits per heavy atom. The summed E-state index contributed by atoms with van der Waals surface area (Å²) in [6.07, 6.45) is -4.58. The normalized spacial score (nSPS) is 12.2. The lowest BCUT2D eigenvalue weighted by molar-refractivity contribution is -0.155. The fraction of sp³-hybridized carbons (Fsp3) is 0.0870. The predicted molar refractivity (Wildman–Crippen MR) is 109 cm³/mol. The quantitative estimate of drug-likeness (QED) is 0.290. The highest BCUT2D eigenvalue weighted by Crippen LogP contribution is 2.44. The molecular formula is C23H14F3NOS. The number of hydrogen-bond acceptors (Lipinski definition) is 3. The summed E-state index contributed by atoms with van der Waals surface area (Å²) in [5.74, 6) is -0.547. The average molecular weight is 409 g/mol. The van der Waals surface area contributed by atoms with Gasteiger partial charge in [0.05, 0.1) is 16.8 Å².